The van der Waals surface area contributed by atoms with Crippen molar-refractivity contribution in [2.24, 2.45) is 0 Å². The van der Waals surface area contributed by atoms with Crippen molar-refractivity contribution in [1.82, 2.24) is 20.3 Å². The predicted molar refractivity (Wildman–Crippen MR) is 136 cm³/mol. The van der Waals surface area contributed by atoms with E-state index in [0.29, 0.717) is 24.9 Å². The second-order valence-corrected chi connectivity index (χ2v) is 8.26. The van der Waals surface area contributed by atoms with Crippen LogP contribution in [-0.2, 0) is 24.2 Å². The highest BCUT2D eigenvalue weighted by molar-refractivity contribution is 5.97. The van der Waals surface area contributed by atoms with Gasteiger partial charge in [0.25, 0.3) is 0 Å². The quantitative estimate of drug-likeness (QED) is 0.289. The molecular weight excluding hydrogens is 436 g/mol. The molecule has 0 bridgehead atoms. The molecule has 1 amide bonds. The van der Waals surface area contributed by atoms with E-state index in [4.69, 9.17) is 4.98 Å². The number of aryl methyl sites for hydroxylation is 1. The molecule has 0 aliphatic heterocycles. The van der Waals surface area contributed by atoms with Gasteiger partial charge in [-0.05, 0) is 53.5 Å². The molecule has 6 heteroatoms. The summed E-state index contributed by atoms with van der Waals surface area (Å²) >= 11 is 0. The minimum Gasteiger partial charge on any atom is -0.348 e. The van der Waals surface area contributed by atoms with E-state index in [2.05, 4.69) is 34.9 Å². The molecule has 174 valence electrons. The lowest BCUT2D eigenvalue weighted by molar-refractivity contribution is -0.116. The first kappa shape index (κ1) is 23.7. The summed E-state index contributed by atoms with van der Waals surface area (Å²) in [7, 11) is 0. The molecule has 0 fully saturated rings. The molecule has 0 aliphatic carbocycles. The number of rotatable bonds is 9. The number of nitrogens with one attached hydrogen (secondary N) is 1. The number of Topliss-reactive ketones (excluding diaryl/α,β-unsaturated/α-hetero) is 1. The average Bonchev–Trinajstić information content (AvgIpc) is 2.90. The number of benzene rings is 2. The predicted octanol–water partition coefficient (Wildman–Crippen LogP) is 4.67. The lowest BCUT2D eigenvalue weighted by atomic mass is 9.97. The third kappa shape index (κ3) is 6.32. The maximum atomic E-state index is 12.9. The lowest BCUT2D eigenvalue weighted by Crippen LogP contribution is -2.19. The monoisotopic (exact) mass is 462 g/mol. The average molecular weight is 463 g/mol. The van der Waals surface area contributed by atoms with Gasteiger partial charge in [0.05, 0.1) is 5.69 Å². The van der Waals surface area contributed by atoms with E-state index < -0.39 is 0 Å². The first-order valence-electron chi connectivity index (χ1n) is 11.3. The van der Waals surface area contributed by atoms with Gasteiger partial charge in [-0.2, -0.15) is 0 Å². The van der Waals surface area contributed by atoms with E-state index in [9.17, 15) is 9.59 Å². The molecule has 0 saturated carbocycles. The molecular formula is C29H26N4O2. The number of carbonyl (C=O) groups is 2. The Balaban J connectivity index is 1.44. The first-order chi connectivity index (χ1) is 17.0. The smallest absolute Gasteiger partial charge is 0.243 e. The molecule has 2 aromatic heterocycles. The second kappa shape index (κ2) is 11.1. The van der Waals surface area contributed by atoms with Crippen molar-refractivity contribution in [3.8, 4) is 11.3 Å². The normalized spacial score (nSPS) is 10.5. The van der Waals surface area contributed by atoms with E-state index in [1.807, 2.05) is 42.5 Å². The molecule has 35 heavy (non-hydrogen) atoms. The molecule has 0 unspecified atom stereocenters. The standard InChI is InChI=1S/C29H26N4O2/c1-3-29(35)32-18-21-8-10-23(11-9-21)27(34)16-22-7-6-20(2)25(15-22)17-28-31-14-12-26(33-28)24-5-4-13-30-19-24/h3-15,19H,1,16-18H2,2H3,(H,32,35). The van der Waals surface area contributed by atoms with Gasteiger partial charge >= 0.3 is 0 Å². The van der Waals surface area contributed by atoms with E-state index in [1.165, 1.54) is 6.08 Å². The van der Waals surface area contributed by atoms with Crippen molar-refractivity contribution in [3.05, 3.63) is 126 Å². The van der Waals surface area contributed by atoms with Crippen LogP contribution in [0.2, 0.25) is 0 Å². The van der Waals surface area contributed by atoms with Gasteiger partial charge in [-0.25, -0.2) is 9.97 Å². The molecule has 1 N–H and O–H groups in total. The second-order valence-electron chi connectivity index (χ2n) is 8.26. The largest absolute Gasteiger partial charge is 0.348 e. The fraction of sp³-hybridized carbons (Fsp3) is 0.138. The SMILES string of the molecule is C=CC(=O)NCc1ccc(C(=O)Cc2ccc(C)c(Cc3nccc(-c4cccnc4)n3)c2)cc1. The Bertz CT molecular complexity index is 1350. The van der Waals surface area contributed by atoms with Gasteiger partial charge in [0, 0.05) is 49.1 Å². The minimum atomic E-state index is -0.227. The highest BCUT2D eigenvalue weighted by atomic mass is 16.1. The molecule has 6 nitrogen and oxygen atoms in total. The van der Waals surface area contributed by atoms with E-state index >= 15 is 0 Å². The molecule has 2 heterocycles. The summed E-state index contributed by atoms with van der Waals surface area (Å²) in [5, 5.41) is 2.73. The van der Waals surface area contributed by atoms with Crippen LogP contribution in [0, 0.1) is 6.92 Å². The summed E-state index contributed by atoms with van der Waals surface area (Å²) < 4.78 is 0. The van der Waals surface area contributed by atoms with Gasteiger partial charge in [-0.1, -0.05) is 49.0 Å². The van der Waals surface area contributed by atoms with Crippen LogP contribution < -0.4 is 5.32 Å². The summed E-state index contributed by atoms with van der Waals surface area (Å²) in [6.07, 6.45) is 7.40. The van der Waals surface area contributed by atoms with Crippen molar-refractivity contribution < 1.29 is 9.59 Å². The molecule has 0 radical (unpaired) electrons. The maximum Gasteiger partial charge on any atom is 0.243 e. The first-order valence-corrected chi connectivity index (χ1v) is 11.3. The third-order valence-electron chi connectivity index (χ3n) is 5.72. The van der Waals surface area contributed by atoms with Gasteiger partial charge < -0.3 is 5.32 Å². The van der Waals surface area contributed by atoms with Crippen LogP contribution in [0.5, 0.6) is 0 Å². The van der Waals surface area contributed by atoms with Crippen molar-refractivity contribution in [2.45, 2.75) is 26.3 Å². The molecule has 4 rings (SSSR count). The third-order valence-corrected chi connectivity index (χ3v) is 5.72. The molecule has 0 atom stereocenters. The van der Waals surface area contributed by atoms with Crippen LogP contribution in [0.1, 0.15) is 38.4 Å². The topological polar surface area (TPSA) is 84.8 Å². The van der Waals surface area contributed by atoms with Crippen LogP contribution in [0.15, 0.2) is 91.9 Å². The maximum absolute atomic E-state index is 12.9. The Labute approximate surface area is 204 Å². The molecule has 4 aromatic rings. The van der Waals surface area contributed by atoms with Gasteiger partial charge in [0.1, 0.15) is 5.82 Å². The zero-order valence-corrected chi connectivity index (χ0v) is 19.6. The number of pyridine rings is 1. The fourth-order valence-electron chi connectivity index (χ4n) is 3.71. The Morgan fingerprint density at radius 2 is 1.80 bits per heavy atom. The number of ketones is 1. The Hall–Kier alpha value is -4.45. The van der Waals surface area contributed by atoms with Crippen LogP contribution in [-0.4, -0.2) is 26.6 Å². The molecule has 0 saturated heterocycles. The van der Waals surface area contributed by atoms with Crippen molar-refractivity contribution >= 4 is 11.7 Å². The number of hydrogen-bond donors (Lipinski definition) is 1. The van der Waals surface area contributed by atoms with Crippen molar-refractivity contribution in [3.63, 3.8) is 0 Å². The van der Waals surface area contributed by atoms with Gasteiger partial charge in [0.15, 0.2) is 5.78 Å². The number of hydrogen-bond acceptors (Lipinski definition) is 5. The fourth-order valence-corrected chi connectivity index (χ4v) is 3.71. The Morgan fingerprint density at radius 1 is 1.00 bits per heavy atom. The van der Waals surface area contributed by atoms with Crippen LogP contribution in [0.25, 0.3) is 11.3 Å². The molecule has 2 aromatic carbocycles. The Morgan fingerprint density at radius 3 is 2.54 bits per heavy atom. The van der Waals surface area contributed by atoms with E-state index in [-0.39, 0.29) is 11.7 Å². The number of aromatic nitrogens is 3. The Kier molecular flexibility index (Phi) is 7.53. The molecule has 0 spiro atoms. The summed E-state index contributed by atoms with van der Waals surface area (Å²) in [6, 6.07) is 19.1. The van der Waals surface area contributed by atoms with Crippen molar-refractivity contribution in [2.75, 3.05) is 0 Å². The number of amides is 1. The summed E-state index contributed by atoms with van der Waals surface area (Å²) in [6.45, 7) is 5.88. The minimum absolute atomic E-state index is 0.0382. The van der Waals surface area contributed by atoms with E-state index in [1.54, 1.807) is 30.7 Å². The van der Waals surface area contributed by atoms with Gasteiger partial charge in [-0.15, -0.1) is 0 Å². The van der Waals surface area contributed by atoms with Gasteiger partial charge in [0.2, 0.25) is 5.91 Å². The highest BCUT2D eigenvalue weighted by Gasteiger charge is 2.11. The van der Waals surface area contributed by atoms with Crippen LogP contribution >= 0.6 is 0 Å². The number of nitrogens with zero attached hydrogens (tertiary/aromatic N) is 3. The lowest BCUT2D eigenvalue weighted by Gasteiger charge is -2.10. The zero-order chi connectivity index (χ0) is 24.6. The van der Waals surface area contributed by atoms with Crippen molar-refractivity contribution in [1.29, 1.82) is 0 Å². The summed E-state index contributed by atoms with van der Waals surface area (Å²) in [5.41, 5.74) is 6.50. The van der Waals surface area contributed by atoms with E-state index in [0.717, 1.165) is 39.3 Å². The highest BCUT2D eigenvalue weighted by Crippen LogP contribution is 2.19. The van der Waals surface area contributed by atoms with Gasteiger partial charge in [-0.3, -0.25) is 14.6 Å². The zero-order valence-electron chi connectivity index (χ0n) is 19.6. The molecule has 0 aliphatic rings. The summed E-state index contributed by atoms with van der Waals surface area (Å²) in [4.78, 5) is 37.5. The summed E-state index contributed by atoms with van der Waals surface area (Å²) in [5.74, 6) is 0.530. The van der Waals surface area contributed by atoms with Crippen LogP contribution in [0.4, 0.5) is 0 Å². The van der Waals surface area contributed by atoms with Crippen LogP contribution in [0.3, 0.4) is 0 Å². The number of carbonyl (C=O) groups excluding carboxylic acids is 2.